The summed E-state index contributed by atoms with van der Waals surface area (Å²) >= 11 is 0. The number of hydrogen-bond donors (Lipinski definition) is 2. The van der Waals surface area contributed by atoms with Crippen molar-refractivity contribution in [1.29, 1.82) is 0 Å². The van der Waals surface area contributed by atoms with Gasteiger partial charge in [-0.2, -0.15) is 0 Å². The van der Waals surface area contributed by atoms with Gasteiger partial charge in [-0.1, -0.05) is 13.8 Å². The lowest BCUT2D eigenvalue weighted by atomic mass is 9.91. The highest BCUT2D eigenvalue weighted by molar-refractivity contribution is 5.93. The zero-order valence-electron chi connectivity index (χ0n) is 12.7. The van der Waals surface area contributed by atoms with Gasteiger partial charge in [0.15, 0.2) is 6.04 Å². The van der Waals surface area contributed by atoms with Crippen LogP contribution in [0.3, 0.4) is 0 Å². The second-order valence-electron chi connectivity index (χ2n) is 6.35. The molecule has 2 N–H and O–H groups in total. The number of piperidine rings is 1. The van der Waals surface area contributed by atoms with E-state index in [0.29, 0.717) is 11.8 Å². The van der Waals surface area contributed by atoms with Crippen LogP contribution in [-0.4, -0.2) is 25.0 Å². The topological polar surface area (TPSA) is 33.5 Å². The minimum Gasteiger partial charge on any atom is -0.324 e. The summed E-state index contributed by atoms with van der Waals surface area (Å²) in [5.41, 5.74) is 0.0331. The fraction of sp³-hybridized carbons (Fsp3) is 0.562. The molecule has 1 aliphatic rings. The molecule has 21 heavy (non-hydrogen) atoms. The minimum absolute atomic E-state index is 0.0331. The van der Waals surface area contributed by atoms with Crippen LogP contribution in [0.15, 0.2) is 18.2 Å². The largest absolute Gasteiger partial charge is 0.324 e. The fourth-order valence-corrected chi connectivity index (χ4v) is 3.20. The minimum atomic E-state index is -0.745. The Hall–Kier alpha value is -1.49. The molecule has 1 unspecified atom stereocenters. The number of nitrogens with one attached hydrogen (secondary N) is 2. The lowest BCUT2D eigenvalue weighted by Crippen LogP contribution is -3.18. The predicted octanol–water partition coefficient (Wildman–Crippen LogP) is 1.85. The molecule has 4 atom stereocenters. The van der Waals surface area contributed by atoms with Crippen molar-refractivity contribution in [3.63, 3.8) is 0 Å². The second-order valence-corrected chi connectivity index (χ2v) is 6.35. The number of likely N-dealkylation sites (tertiary alicyclic amines) is 1. The van der Waals surface area contributed by atoms with Crippen LogP contribution in [-0.2, 0) is 4.79 Å². The third kappa shape index (κ3) is 4.00. The van der Waals surface area contributed by atoms with Crippen molar-refractivity contribution in [3.8, 4) is 0 Å². The van der Waals surface area contributed by atoms with E-state index in [1.807, 2.05) is 6.92 Å². The summed E-state index contributed by atoms with van der Waals surface area (Å²) in [5.74, 6) is -0.450. The third-order valence-electron chi connectivity index (χ3n) is 4.22. The predicted molar refractivity (Wildman–Crippen MR) is 78.1 cm³/mol. The summed E-state index contributed by atoms with van der Waals surface area (Å²) in [5, 5.41) is 2.56. The number of hydrogen-bond acceptors (Lipinski definition) is 1. The first-order chi connectivity index (χ1) is 9.86. The summed E-state index contributed by atoms with van der Waals surface area (Å²) in [7, 11) is 0. The number of quaternary nitrogens is 1. The molecule has 1 saturated heterocycles. The Balaban J connectivity index is 2.02. The molecule has 116 valence electrons. The summed E-state index contributed by atoms with van der Waals surface area (Å²) in [6, 6.07) is 2.92. The molecule has 1 heterocycles. The smallest absolute Gasteiger partial charge is 0.282 e. The van der Waals surface area contributed by atoms with Gasteiger partial charge < -0.3 is 10.2 Å². The number of halogens is 2. The van der Waals surface area contributed by atoms with Crippen LogP contribution in [0.2, 0.25) is 0 Å². The molecule has 0 saturated carbocycles. The van der Waals surface area contributed by atoms with Gasteiger partial charge in [0.25, 0.3) is 5.91 Å². The van der Waals surface area contributed by atoms with Crippen LogP contribution in [0.5, 0.6) is 0 Å². The van der Waals surface area contributed by atoms with Crippen molar-refractivity contribution in [2.75, 3.05) is 18.4 Å². The number of amides is 1. The average molecular weight is 297 g/mol. The SMILES string of the molecule is C[C@@H]1C[C@H](C)C[NH+]([C@@H](C)C(=O)Nc2ccc(F)cc2F)C1. The Kier molecular flexibility index (Phi) is 4.93. The molecule has 3 nitrogen and oxygen atoms in total. The quantitative estimate of drug-likeness (QED) is 0.877. The summed E-state index contributed by atoms with van der Waals surface area (Å²) in [4.78, 5) is 13.5. The highest BCUT2D eigenvalue weighted by atomic mass is 19.1. The molecule has 5 heteroatoms. The number of benzene rings is 1. The molecule has 1 aromatic rings. The van der Waals surface area contributed by atoms with Crippen molar-refractivity contribution in [2.24, 2.45) is 11.8 Å². The van der Waals surface area contributed by atoms with Gasteiger partial charge in [-0.3, -0.25) is 4.79 Å². The van der Waals surface area contributed by atoms with Crippen molar-refractivity contribution in [3.05, 3.63) is 29.8 Å². The lowest BCUT2D eigenvalue weighted by Gasteiger charge is -2.35. The van der Waals surface area contributed by atoms with Gasteiger partial charge in [-0.25, -0.2) is 8.78 Å². The van der Waals surface area contributed by atoms with Gasteiger partial charge in [-0.15, -0.1) is 0 Å². The molecule has 1 fully saturated rings. The standard InChI is InChI=1S/C16H22F2N2O/c1-10-6-11(2)9-20(8-10)12(3)16(21)19-15-5-4-13(17)7-14(15)18/h4-5,7,10-12H,6,8-9H2,1-3H3,(H,19,21)/p+1/t10-,11+,12-/m0/s1. The highest BCUT2D eigenvalue weighted by Gasteiger charge is 2.32. The van der Waals surface area contributed by atoms with Crippen LogP contribution in [0.25, 0.3) is 0 Å². The zero-order valence-corrected chi connectivity index (χ0v) is 12.7. The maximum absolute atomic E-state index is 13.6. The first-order valence-corrected chi connectivity index (χ1v) is 7.47. The molecular formula is C16H23F2N2O+. The van der Waals surface area contributed by atoms with E-state index in [2.05, 4.69) is 19.2 Å². The molecule has 1 aromatic carbocycles. The van der Waals surface area contributed by atoms with Crippen molar-refractivity contribution in [1.82, 2.24) is 0 Å². The van der Waals surface area contributed by atoms with E-state index in [9.17, 15) is 13.6 Å². The van der Waals surface area contributed by atoms with Crippen LogP contribution >= 0.6 is 0 Å². The molecular weight excluding hydrogens is 274 g/mol. The molecule has 0 aliphatic carbocycles. The number of carbonyl (C=O) groups excluding carboxylic acids is 1. The van der Waals surface area contributed by atoms with Gasteiger partial charge in [0.05, 0.1) is 18.8 Å². The lowest BCUT2D eigenvalue weighted by molar-refractivity contribution is -0.925. The molecule has 0 radical (unpaired) electrons. The maximum Gasteiger partial charge on any atom is 0.282 e. The van der Waals surface area contributed by atoms with Crippen LogP contribution in [0, 0.1) is 23.5 Å². The van der Waals surface area contributed by atoms with Crippen molar-refractivity contribution >= 4 is 11.6 Å². The average Bonchev–Trinajstić information content (AvgIpc) is 2.40. The molecule has 1 amide bonds. The van der Waals surface area contributed by atoms with E-state index in [1.165, 1.54) is 17.4 Å². The van der Waals surface area contributed by atoms with E-state index >= 15 is 0 Å². The zero-order chi connectivity index (χ0) is 15.6. The number of carbonyl (C=O) groups is 1. The van der Waals surface area contributed by atoms with E-state index in [1.54, 1.807) is 0 Å². The van der Waals surface area contributed by atoms with Crippen molar-refractivity contribution < 1.29 is 18.5 Å². The molecule has 2 rings (SSSR count). The Morgan fingerprint density at radius 2 is 1.90 bits per heavy atom. The Labute approximate surface area is 124 Å². The van der Waals surface area contributed by atoms with Crippen LogP contribution in [0.4, 0.5) is 14.5 Å². The van der Waals surface area contributed by atoms with Gasteiger partial charge in [-0.05, 0) is 25.5 Å². The summed E-state index contributed by atoms with van der Waals surface area (Å²) in [6.45, 7) is 8.15. The summed E-state index contributed by atoms with van der Waals surface area (Å²) in [6.07, 6.45) is 1.18. The third-order valence-corrected chi connectivity index (χ3v) is 4.22. The number of rotatable bonds is 3. The van der Waals surface area contributed by atoms with Crippen molar-refractivity contribution in [2.45, 2.75) is 33.2 Å². The molecule has 0 bridgehead atoms. The Morgan fingerprint density at radius 1 is 1.29 bits per heavy atom. The molecule has 0 aromatic heterocycles. The van der Waals surface area contributed by atoms with Gasteiger partial charge >= 0.3 is 0 Å². The van der Waals surface area contributed by atoms with Crippen LogP contribution < -0.4 is 10.2 Å². The second kappa shape index (κ2) is 6.52. The molecule has 0 spiro atoms. The Morgan fingerprint density at radius 3 is 2.48 bits per heavy atom. The summed E-state index contributed by atoms with van der Waals surface area (Å²) < 4.78 is 26.4. The highest BCUT2D eigenvalue weighted by Crippen LogP contribution is 2.16. The van der Waals surface area contributed by atoms with Gasteiger partial charge in [0.1, 0.15) is 11.6 Å². The normalized spacial score (nSPS) is 27.2. The van der Waals surface area contributed by atoms with E-state index in [0.717, 1.165) is 25.2 Å². The van der Waals surface area contributed by atoms with Crippen LogP contribution in [0.1, 0.15) is 27.2 Å². The number of anilines is 1. The van der Waals surface area contributed by atoms with E-state index in [4.69, 9.17) is 0 Å². The fourth-order valence-electron chi connectivity index (χ4n) is 3.20. The monoisotopic (exact) mass is 297 g/mol. The first-order valence-electron chi connectivity index (χ1n) is 7.47. The first kappa shape index (κ1) is 15.9. The van der Waals surface area contributed by atoms with Gasteiger partial charge in [0.2, 0.25) is 0 Å². The maximum atomic E-state index is 13.6. The van der Waals surface area contributed by atoms with E-state index < -0.39 is 11.6 Å². The van der Waals surface area contributed by atoms with Gasteiger partial charge in [0, 0.05) is 17.9 Å². The van der Waals surface area contributed by atoms with E-state index in [-0.39, 0.29) is 17.6 Å². The Bertz CT molecular complexity index is 511. The molecule has 1 aliphatic heterocycles.